The molecule has 112 valence electrons. The summed E-state index contributed by atoms with van der Waals surface area (Å²) in [7, 11) is 0. The number of halogens is 1. The lowest BCUT2D eigenvalue weighted by atomic mass is 10.2. The molecular weight excluding hydrogens is 328 g/mol. The van der Waals surface area contributed by atoms with Crippen LogP contribution in [0, 0.1) is 6.92 Å². The van der Waals surface area contributed by atoms with E-state index in [0.717, 1.165) is 46.9 Å². The highest BCUT2D eigenvalue weighted by Gasteiger charge is 2.07. The van der Waals surface area contributed by atoms with Crippen molar-refractivity contribution < 1.29 is 4.74 Å². The maximum atomic E-state index is 5.98. The second kappa shape index (κ2) is 7.57. The number of nitrogens with zero attached hydrogens (tertiary/aromatic N) is 1. The number of hydrogen-bond acceptors (Lipinski definition) is 3. The molecule has 1 aromatic heterocycles. The van der Waals surface area contributed by atoms with E-state index in [2.05, 4.69) is 46.1 Å². The zero-order valence-corrected chi connectivity index (χ0v) is 14.3. The minimum atomic E-state index is 0.822. The van der Waals surface area contributed by atoms with Gasteiger partial charge in [-0.15, -0.1) is 0 Å². The van der Waals surface area contributed by atoms with Gasteiger partial charge in [0.25, 0.3) is 0 Å². The van der Waals surface area contributed by atoms with Crippen molar-refractivity contribution in [1.29, 1.82) is 0 Å². The Labute approximate surface area is 134 Å². The number of aromatic nitrogens is 1. The average molecular weight is 349 g/mol. The summed E-state index contributed by atoms with van der Waals surface area (Å²) in [6.07, 6.45) is 0.858. The van der Waals surface area contributed by atoms with Gasteiger partial charge >= 0.3 is 0 Å². The van der Waals surface area contributed by atoms with Crippen molar-refractivity contribution in [2.45, 2.75) is 33.7 Å². The van der Waals surface area contributed by atoms with Gasteiger partial charge < -0.3 is 10.1 Å². The molecule has 1 heterocycles. The highest BCUT2D eigenvalue weighted by Crippen LogP contribution is 2.29. The molecule has 0 radical (unpaired) electrons. The van der Waals surface area contributed by atoms with Crippen LogP contribution in [0.1, 0.15) is 30.8 Å². The molecule has 0 aliphatic carbocycles. The summed E-state index contributed by atoms with van der Waals surface area (Å²) in [4.78, 5) is 4.52. The molecule has 0 saturated carbocycles. The van der Waals surface area contributed by atoms with Crippen molar-refractivity contribution in [1.82, 2.24) is 10.3 Å². The van der Waals surface area contributed by atoms with Crippen LogP contribution >= 0.6 is 15.9 Å². The number of ether oxygens (including phenoxy) is 1. The van der Waals surface area contributed by atoms with Crippen LogP contribution in [0.3, 0.4) is 0 Å². The van der Waals surface area contributed by atoms with Crippen molar-refractivity contribution in [3.63, 3.8) is 0 Å². The summed E-state index contributed by atoms with van der Waals surface area (Å²) in [5, 5.41) is 3.32. The number of benzene rings is 1. The molecule has 1 N–H and O–H groups in total. The molecular formula is C17H21BrN2O. The van der Waals surface area contributed by atoms with Crippen molar-refractivity contribution in [2.24, 2.45) is 0 Å². The summed E-state index contributed by atoms with van der Waals surface area (Å²) in [6.45, 7) is 7.99. The molecule has 0 atom stereocenters. The number of aryl methyl sites for hydroxylation is 2. The predicted octanol–water partition coefficient (Wildman–Crippen LogP) is 4.62. The molecule has 0 aliphatic rings. The van der Waals surface area contributed by atoms with E-state index in [1.54, 1.807) is 0 Å². The molecule has 21 heavy (non-hydrogen) atoms. The van der Waals surface area contributed by atoms with Crippen LogP contribution in [0.5, 0.6) is 11.5 Å². The Kier molecular flexibility index (Phi) is 5.76. The van der Waals surface area contributed by atoms with E-state index < -0.39 is 0 Å². The molecule has 0 aliphatic heterocycles. The molecule has 0 bridgehead atoms. The van der Waals surface area contributed by atoms with Crippen LogP contribution in [-0.2, 0) is 13.0 Å². The Morgan fingerprint density at radius 2 is 2.00 bits per heavy atom. The summed E-state index contributed by atoms with van der Waals surface area (Å²) in [6, 6.07) is 10.0. The zero-order chi connectivity index (χ0) is 15.2. The van der Waals surface area contributed by atoms with E-state index in [1.807, 2.05) is 31.2 Å². The summed E-state index contributed by atoms with van der Waals surface area (Å²) in [5.74, 6) is 1.65. The average Bonchev–Trinajstić information content (AvgIpc) is 2.48. The van der Waals surface area contributed by atoms with Gasteiger partial charge in [0.1, 0.15) is 11.5 Å². The van der Waals surface area contributed by atoms with Crippen LogP contribution in [0.4, 0.5) is 0 Å². The SMILES string of the molecule is CCNCc1ccc(Oc2ccc(C)nc2CC)cc1Br. The normalized spacial score (nSPS) is 10.7. The van der Waals surface area contributed by atoms with Crippen LogP contribution < -0.4 is 10.1 Å². The first-order chi connectivity index (χ1) is 10.1. The summed E-state index contributed by atoms with van der Waals surface area (Å²) < 4.78 is 7.04. The fourth-order valence-electron chi connectivity index (χ4n) is 2.07. The van der Waals surface area contributed by atoms with Crippen LogP contribution in [0.25, 0.3) is 0 Å². The smallest absolute Gasteiger partial charge is 0.148 e. The lowest BCUT2D eigenvalue weighted by Crippen LogP contribution is -2.12. The molecule has 0 spiro atoms. The van der Waals surface area contributed by atoms with Gasteiger partial charge in [-0.3, -0.25) is 4.98 Å². The lowest BCUT2D eigenvalue weighted by Gasteiger charge is -2.12. The summed E-state index contributed by atoms with van der Waals surface area (Å²) in [5.41, 5.74) is 3.23. The third kappa shape index (κ3) is 4.29. The molecule has 0 amide bonds. The first-order valence-corrected chi connectivity index (χ1v) is 8.06. The predicted molar refractivity (Wildman–Crippen MR) is 89.9 cm³/mol. The zero-order valence-electron chi connectivity index (χ0n) is 12.7. The van der Waals surface area contributed by atoms with E-state index >= 15 is 0 Å². The lowest BCUT2D eigenvalue weighted by molar-refractivity contribution is 0.472. The van der Waals surface area contributed by atoms with E-state index in [-0.39, 0.29) is 0 Å². The number of hydrogen-bond donors (Lipinski definition) is 1. The molecule has 2 aromatic rings. The Morgan fingerprint density at radius 1 is 1.19 bits per heavy atom. The first kappa shape index (κ1) is 16.0. The monoisotopic (exact) mass is 348 g/mol. The molecule has 1 aromatic carbocycles. The van der Waals surface area contributed by atoms with Crippen molar-refractivity contribution in [2.75, 3.05) is 6.54 Å². The fraction of sp³-hybridized carbons (Fsp3) is 0.353. The van der Waals surface area contributed by atoms with E-state index in [9.17, 15) is 0 Å². The highest BCUT2D eigenvalue weighted by molar-refractivity contribution is 9.10. The van der Waals surface area contributed by atoms with Crippen LogP contribution in [0.15, 0.2) is 34.8 Å². The fourth-order valence-corrected chi connectivity index (χ4v) is 2.56. The van der Waals surface area contributed by atoms with Crippen LogP contribution in [-0.4, -0.2) is 11.5 Å². The van der Waals surface area contributed by atoms with E-state index in [4.69, 9.17) is 4.74 Å². The third-order valence-electron chi connectivity index (χ3n) is 3.22. The van der Waals surface area contributed by atoms with Gasteiger partial charge in [-0.2, -0.15) is 0 Å². The van der Waals surface area contributed by atoms with Gasteiger partial charge in [-0.05, 0) is 49.7 Å². The second-order valence-corrected chi connectivity index (χ2v) is 5.74. The van der Waals surface area contributed by atoms with Gasteiger partial charge in [0.15, 0.2) is 0 Å². The molecule has 3 nitrogen and oxygen atoms in total. The maximum absolute atomic E-state index is 5.98. The van der Waals surface area contributed by atoms with Crippen molar-refractivity contribution in [3.8, 4) is 11.5 Å². The minimum Gasteiger partial charge on any atom is -0.455 e. The molecule has 0 fully saturated rings. The molecule has 0 unspecified atom stereocenters. The quantitative estimate of drug-likeness (QED) is 0.827. The van der Waals surface area contributed by atoms with E-state index in [1.165, 1.54) is 5.56 Å². The maximum Gasteiger partial charge on any atom is 0.148 e. The Morgan fingerprint density at radius 3 is 2.67 bits per heavy atom. The molecule has 2 rings (SSSR count). The van der Waals surface area contributed by atoms with Gasteiger partial charge in [-0.1, -0.05) is 35.8 Å². The van der Waals surface area contributed by atoms with Crippen molar-refractivity contribution in [3.05, 3.63) is 51.8 Å². The van der Waals surface area contributed by atoms with Crippen LogP contribution in [0.2, 0.25) is 0 Å². The van der Waals surface area contributed by atoms with Gasteiger partial charge in [0.2, 0.25) is 0 Å². The standard InChI is InChI=1S/C17H21BrN2O/c1-4-16-17(9-6-12(3)20-16)21-14-8-7-13(11-19-5-2)15(18)10-14/h6-10,19H,4-5,11H2,1-3H3. The highest BCUT2D eigenvalue weighted by atomic mass is 79.9. The van der Waals surface area contributed by atoms with E-state index in [0.29, 0.717) is 0 Å². The number of rotatable bonds is 6. The van der Waals surface area contributed by atoms with Crippen molar-refractivity contribution >= 4 is 15.9 Å². The first-order valence-electron chi connectivity index (χ1n) is 7.27. The topological polar surface area (TPSA) is 34.1 Å². The Bertz CT molecular complexity index is 614. The van der Waals surface area contributed by atoms with Gasteiger partial charge in [0, 0.05) is 16.7 Å². The third-order valence-corrected chi connectivity index (χ3v) is 3.96. The number of nitrogens with one attached hydrogen (secondary N) is 1. The Hall–Kier alpha value is -1.39. The summed E-state index contributed by atoms with van der Waals surface area (Å²) >= 11 is 3.60. The molecule has 4 heteroatoms. The minimum absolute atomic E-state index is 0.822. The number of pyridine rings is 1. The van der Waals surface area contributed by atoms with Gasteiger partial charge in [0.05, 0.1) is 5.69 Å². The van der Waals surface area contributed by atoms with Gasteiger partial charge in [-0.25, -0.2) is 0 Å². The largest absolute Gasteiger partial charge is 0.455 e. The molecule has 0 saturated heterocycles. The Balaban J connectivity index is 2.18. The second-order valence-electron chi connectivity index (χ2n) is 4.89.